The van der Waals surface area contributed by atoms with Crippen LogP contribution >= 0.6 is 0 Å². The Bertz CT molecular complexity index is 262. The molecule has 4 unspecified atom stereocenters. The van der Waals surface area contributed by atoms with Gasteiger partial charge in [0.25, 0.3) is 0 Å². The zero-order valence-corrected chi connectivity index (χ0v) is 8.77. The maximum Gasteiger partial charge on any atom is 0.249 e. The number of amides is 1. The monoisotopic (exact) mass is 195 g/mol. The number of nitrogens with zero attached hydrogens (tertiary/aromatic N) is 1. The van der Waals surface area contributed by atoms with Crippen LogP contribution < -0.4 is 0 Å². The third-order valence-electron chi connectivity index (χ3n) is 4.60. The molecule has 3 nitrogen and oxygen atoms in total. The summed E-state index contributed by atoms with van der Waals surface area (Å²) >= 11 is 0. The van der Waals surface area contributed by atoms with Crippen molar-refractivity contribution in [1.82, 2.24) is 5.06 Å². The Morgan fingerprint density at radius 3 is 2.36 bits per heavy atom. The lowest BCUT2D eigenvalue weighted by Crippen LogP contribution is -2.29. The van der Waals surface area contributed by atoms with E-state index in [0.29, 0.717) is 5.92 Å². The topological polar surface area (TPSA) is 29.5 Å². The lowest BCUT2D eigenvalue weighted by Gasteiger charge is -2.15. The zero-order valence-electron chi connectivity index (χ0n) is 8.77. The number of hydrogen-bond acceptors (Lipinski definition) is 2. The highest BCUT2D eigenvalue weighted by Gasteiger charge is 2.67. The first-order valence-corrected chi connectivity index (χ1v) is 5.55. The number of hydroxylamine groups is 2. The van der Waals surface area contributed by atoms with E-state index in [-0.39, 0.29) is 5.91 Å². The van der Waals surface area contributed by atoms with E-state index in [1.165, 1.54) is 24.3 Å². The highest BCUT2D eigenvalue weighted by atomic mass is 16.7. The van der Waals surface area contributed by atoms with Crippen molar-refractivity contribution >= 4 is 5.91 Å². The summed E-state index contributed by atoms with van der Waals surface area (Å²) in [5.41, 5.74) is 0. The lowest BCUT2D eigenvalue weighted by molar-refractivity contribution is -0.171. The number of hydrogen-bond donors (Lipinski definition) is 0. The average molecular weight is 195 g/mol. The standard InChI is InChI=1S/C11H17NO2/c1-12(14-2)11(13)10-8-6-3-4-7(5-6)9(8)10/h6-10H,3-5H2,1-2H3. The van der Waals surface area contributed by atoms with Crippen molar-refractivity contribution in [2.45, 2.75) is 19.3 Å². The number of carbonyl (C=O) groups is 1. The quantitative estimate of drug-likeness (QED) is 0.621. The van der Waals surface area contributed by atoms with Gasteiger partial charge < -0.3 is 0 Å². The molecule has 3 fully saturated rings. The molecule has 3 aliphatic carbocycles. The highest BCUT2D eigenvalue weighted by Crippen LogP contribution is 2.69. The smallest absolute Gasteiger partial charge is 0.249 e. The Hall–Kier alpha value is -0.570. The maximum atomic E-state index is 11.9. The van der Waals surface area contributed by atoms with Crippen LogP contribution in [0.4, 0.5) is 0 Å². The van der Waals surface area contributed by atoms with Gasteiger partial charge in [-0.2, -0.15) is 0 Å². The second-order valence-corrected chi connectivity index (χ2v) is 5.03. The first kappa shape index (κ1) is 8.72. The summed E-state index contributed by atoms with van der Waals surface area (Å²) < 4.78 is 0. The van der Waals surface area contributed by atoms with Crippen LogP contribution in [0.5, 0.6) is 0 Å². The van der Waals surface area contributed by atoms with E-state index in [9.17, 15) is 4.79 Å². The summed E-state index contributed by atoms with van der Waals surface area (Å²) in [7, 11) is 3.28. The minimum atomic E-state index is 0.207. The SMILES string of the molecule is CON(C)C(=O)C1C2C3CCC(C3)C12. The van der Waals surface area contributed by atoms with Gasteiger partial charge in [0.2, 0.25) is 5.91 Å². The van der Waals surface area contributed by atoms with Crippen LogP contribution in [0.2, 0.25) is 0 Å². The molecule has 0 aromatic rings. The van der Waals surface area contributed by atoms with Crippen molar-refractivity contribution in [3.63, 3.8) is 0 Å². The molecule has 3 heteroatoms. The predicted molar refractivity (Wildman–Crippen MR) is 51.1 cm³/mol. The normalized spacial score (nSPS) is 47.7. The van der Waals surface area contributed by atoms with Crippen LogP contribution in [0, 0.1) is 29.6 Å². The van der Waals surface area contributed by atoms with Crippen molar-refractivity contribution in [2.24, 2.45) is 29.6 Å². The van der Waals surface area contributed by atoms with E-state index < -0.39 is 0 Å². The molecular weight excluding hydrogens is 178 g/mol. The second kappa shape index (κ2) is 2.72. The molecule has 0 heterocycles. The molecule has 4 atom stereocenters. The minimum absolute atomic E-state index is 0.207. The Morgan fingerprint density at radius 2 is 1.86 bits per heavy atom. The van der Waals surface area contributed by atoms with Gasteiger partial charge in [-0.3, -0.25) is 9.63 Å². The fraction of sp³-hybridized carbons (Fsp3) is 0.909. The molecule has 3 aliphatic rings. The molecule has 0 N–H and O–H groups in total. The number of rotatable bonds is 2. The fourth-order valence-corrected chi connectivity index (χ4v) is 3.96. The Morgan fingerprint density at radius 1 is 1.29 bits per heavy atom. The molecule has 2 bridgehead atoms. The van der Waals surface area contributed by atoms with E-state index in [1.54, 1.807) is 14.2 Å². The third kappa shape index (κ3) is 0.937. The summed E-state index contributed by atoms with van der Waals surface area (Å²) in [4.78, 5) is 16.8. The van der Waals surface area contributed by atoms with Gasteiger partial charge in [0.1, 0.15) is 0 Å². The van der Waals surface area contributed by atoms with Crippen LogP contribution in [0.3, 0.4) is 0 Å². The molecule has 0 aliphatic heterocycles. The Balaban J connectivity index is 1.71. The predicted octanol–water partition coefficient (Wildman–Crippen LogP) is 1.30. The Labute approximate surface area is 84.4 Å². The average Bonchev–Trinajstić information content (AvgIpc) is 2.64. The molecule has 3 rings (SSSR count). The first-order valence-electron chi connectivity index (χ1n) is 5.55. The van der Waals surface area contributed by atoms with Crippen LogP contribution in [0.25, 0.3) is 0 Å². The van der Waals surface area contributed by atoms with E-state index >= 15 is 0 Å². The van der Waals surface area contributed by atoms with Crippen LogP contribution in [-0.2, 0) is 9.63 Å². The van der Waals surface area contributed by atoms with E-state index in [0.717, 1.165) is 23.7 Å². The first-order chi connectivity index (χ1) is 6.74. The van der Waals surface area contributed by atoms with Gasteiger partial charge in [-0.15, -0.1) is 0 Å². The van der Waals surface area contributed by atoms with Gasteiger partial charge in [-0.25, -0.2) is 5.06 Å². The molecule has 1 amide bonds. The van der Waals surface area contributed by atoms with E-state index in [1.807, 2.05) is 0 Å². The molecule has 0 aromatic heterocycles. The van der Waals surface area contributed by atoms with Gasteiger partial charge in [-0.1, -0.05) is 0 Å². The van der Waals surface area contributed by atoms with Crippen LogP contribution in [0.15, 0.2) is 0 Å². The van der Waals surface area contributed by atoms with Crippen molar-refractivity contribution < 1.29 is 9.63 Å². The van der Waals surface area contributed by atoms with Gasteiger partial charge in [-0.05, 0) is 42.9 Å². The third-order valence-corrected chi connectivity index (χ3v) is 4.60. The van der Waals surface area contributed by atoms with Crippen molar-refractivity contribution in [1.29, 1.82) is 0 Å². The molecule has 0 saturated heterocycles. The number of carbonyl (C=O) groups excluding carboxylic acids is 1. The van der Waals surface area contributed by atoms with E-state index in [4.69, 9.17) is 4.84 Å². The van der Waals surface area contributed by atoms with Gasteiger partial charge >= 0.3 is 0 Å². The van der Waals surface area contributed by atoms with Crippen molar-refractivity contribution in [3.05, 3.63) is 0 Å². The largest absolute Gasteiger partial charge is 0.275 e. The molecule has 0 radical (unpaired) electrons. The van der Waals surface area contributed by atoms with E-state index in [2.05, 4.69) is 0 Å². The van der Waals surface area contributed by atoms with Gasteiger partial charge in [0, 0.05) is 13.0 Å². The summed E-state index contributed by atoms with van der Waals surface area (Å²) in [5, 5.41) is 1.41. The molecular formula is C11H17NO2. The van der Waals surface area contributed by atoms with Crippen molar-refractivity contribution in [3.8, 4) is 0 Å². The fourth-order valence-electron chi connectivity index (χ4n) is 3.96. The van der Waals surface area contributed by atoms with Crippen LogP contribution in [-0.4, -0.2) is 25.1 Å². The molecule has 78 valence electrons. The van der Waals surface area contributed by atoms with Crippen molar-refractivity contribution in [2.75, 3.05) is 14.2 Å². The molecule has 3 saturated carbocycles. The lowest BCUT2D eigenvalue weighted by atomic mass is 10.0. The Kier molecular flexibility index (Phi) is 1.69. The summed E-state index contributed by atoms with van der Waals surface area (Å²) in [6.07, 6.45) is 4.13. The molecule has 0 spiro atoms. The van der Waals surface area contributed by atoms with Gasteiger partial charge in [0.15, 0.2) is 0 Å². The maximum absolute atomic E-state index is 11.9. The molecule has 14 heavy (non-hydrogen) atoms. The number of fused-ring (bicyclic) bond motifs is 5. The second-order valence-electron chi connectivity index (χ2n) is 5.03. The highest BCUT2D eigenvalue weighted by molar-refractivity contribution is 5.81. The zero-order chi connectivity index (χ0) is 9.87. The molecule has 0 aromatic carbocycles. The summed E-state index contributed by atoms with van der Waals surface area (Å²) in [6.45, 7) is 0. The minimum Gasteiger partial charge on any atom is -0.275 e. The summed E-state index contributed by atoms with van der Waals surface area (Å²) in [5.74, 6) is 3.69. The van der Waals surface area contributed by atoms with Gasteiger partial charge in [0.05, 0.1) is 7.11 Å². The summed E-state index contributed by atoms with van der Waals surface area (Å²) in [6, 6.07) is 0. The van der Waals surface area contributed by atoms with Crippen LogP contribution in [0.1, 0.15) is 19.3 Å².